The van der Waals surface area contributed by atoms with Crippen LogP contribution in [0.2, 0.25) is 0 Å². The number of fused-ring (bicyclic) bond motifs is 1. The van der Waals surface area contributed by atoms with Gasteiger partial charge in [0, 0.05) is 39.0 Å². The third-order valence-corrected chi connectivity index (χ3v) is 4.81. The number of aryl methyl sites for hydroxylation is 1. The number of aliphatic imine (C=N–C) groups is 1. The molecule has 2 aromatic heterocycles. The predicted molar refractivity (Wildman–Crippen MR) is 96.5 cm³/mol. The van der Waals surface area contributed by atoms with Gasteiger partial charge in [0.2, 0.25) is 0 Å². The third-order valence-electron chi connectivity index (χ3n) is 4.81. The molecule has 0 radical (unpaired) electrons. The van der Waals surface area contributed by atoms with E-state index in [1.54, 1.807) is 31.5 Å². The van der Waals surface area contributed by atoms with Crippen molar-refractivity contribution in [3.8, 4) is 0 Å². The Hall–Kier alpha value is -2.81. The Labute approximate surface area is 149 Å². The molecule has 136 valence electrons. The molecule has 0 N–H and O–H groups in total. The van der Waals surface area contributed by atoms with Crippen molar-refractivity contribution in [2.45, 2.75) is 18.9 Å². The number of hydrogen-bond acceptors (Lipinski definition) is 6. The standard InChI is InChI=1S/C17H20N6O3/c1-21-13-10-19-14(11-7-12(26-2)9-18-8-11)20-15(13)23(16(21)24)17(25)22-5-3-4-6-22/h7-8,10,12H,3-6,9H2,1-2H3. The number of rotatable bonds is 2. The molecule has 0 bridgehead atoms. The van der Waals surface area contributed by atoms with Gasteiger partial charge in [-0.05, 0) is 18.9 Å². The van der Waals surface area contributed by atoms with E-state index in [1.165, 1.54) is 4.57 Å². The van der Waals surface area contributed by atoms with Gasteiger partial charge in [-0.2, -0.15) is 4.57 Å². The summed E-state index contributed by atoms with van der Waals surface area (Å²) >= 11 is 0. The van der Waals surface area contributed by atoms with Crippen molar-refractivity contribution in [3.63, 3.8) is 0 Å². The van der Waals surface area contributed by atoms with Gasteiger partial charge in [-0.25, -0.2) is 19.6 Å². The van der Waals surface area contributed by atoms with Crippen LogP contribution in [0.4, 0.5) is 4.79 Å². The number of likely N-dealkylation sites (tertiary alicyclic amines) is 1. The van der Waals surface area contributed by atoms with Crippen LogP contribution in [0.25, 0.3) is 16.7 Å². The molecular weight excluding hydrogens is 336 g/mol. The van der Waals surface area contributed by atoms with Crippen molar-refractivity contribution in [2.75, 3.05) is 26.7 Å². The monoisotopic (exact) mass is 356 g/mol. The molecule has 0 aromatic carbocycles. The van der Waals surface area contributed by atoms with Crippen LogP contribution in [0, 0.1) is 0 Å². The largest absolute Gasteiger partial charge is 0.375 e. The molecule has 0 aliphatic carbocycles. The third kappa shape index (κ3) is 2.64. The number of hydrogen-bond donors (Lipinski definition) is 0. The van der Waals surface area contributed by atoms with Crippen molar-refractivity contribution in [3.05, 3.63) is 28.6 Å². The molecule has 1 fully saturated rings. The average molecular weight is 356 g/mol. The lowest BCUT2D eigenvalue weighted by molar-refractivity contribution is 0.148. The average Bonchev–Trinajstić information content (AvgIpc) is 3.29. The highest BCUT2D eigenvalue weighted by atomic mass is 16.5. The van der Waals surface area contributed by atoms with Crippen LogP contribution >= 0.6 is 0 Å². The Bertz CT molecular complexity index is 980. The fourth-order valence-corrected chi connectivity index (χ4v) is 3.30. The molecule has 4 heterocycles. The minimum Gasteiger partial charge on any atom is -0.375 e. The van der Waals surface area contributed by atoms with Crippen molar-refractivity contribution in [2.24, 2.45) is 12.0 Å². The van der Waals surface area contributed by atoms with Gasteiger partial charge in [0.25, 0.3) is 0 Å². The second-order valence-corrected chi connectivity index (χ2v) is 6.45. The summed E-state index contributed by atoms with van der Waals surface area (Å²) in [6.45, 7) is 1.87. The Kier molecular flexibility index (Phi) is 4.15. The number of methoxy groups -OCH3 is 1. The first kappa shape index (κ1) is 16.6. The van der Waals surface area contributed by atoms with E-state index in [0.717, 1.165) is 17.4 Å². The molecule has 2 aliphatic heterocycles. The Morgan fingerprint density at radius 3 is 2.81 bits per heavy atom. The van der Waals surface area contributed by atoms with Crippen LogP contribution in [0.5, 0.6) is 0 Å². The lowest BCUT2D eigenvalue weighted by atomic mass is 10.1. The minimum atomic E-state index is -0.413. The fraction of sp³-hybridized carbons (Fsp3) is 0.471. The predicted octanol–water partition coefficient (Wildman–Crippen LogP) is 0.677. The summed E-state index contributed by atoms with van der Waals surface area (Å²) in [4.78, 5) is 40.3. The molecule has 1 saturated heterocycles. The van der Waals surface area contributed by atoms with Crippen molar-refractivity contribution in [1.82, 2.24) is 24.0 Å². The molecule has 0 saturated carbocycles. The summed E-state index contributed by atoms with van der Waals surface area (Å²) < 4.78 is 7.85. The van der Waals surface area contributed by atoms with Crippen LogP contribution in [0.1, 0.15) is 18.7 Å². The van der Waals surface area contributed by atoms with Gasteiger partial charge in [0.05, 0.1) is 18.8 Å². The summed E-state index contributed by atoms with van der Waals surface area (Å²) in [6, 6.07) is -0.330. The second-order valence-electron chi connectivity index (χ2n) is 6.45. The number of allylic oxidation sites excluding steroid dienone is 1. The quantitative estimate of drug-likeness (QED) is 0.788. The zero-order valence-corrected chi connectivity index (χ0v) is 14.8. The van der Waals surface area contributed by atoms with Gasteiger partial charge in [0.15, 0.2) is 11.5 Å². The number of nitrogens with zero attached hydrogens (tertiary/aromatic N) is 6. The lowest BCUT2D eigenvalue weighted by Gasteiger charge is -2.15. The summed E-state index contributed by atoms with van der Waals surface area (Å²) in [5.41, 5.74) is 1.13. The van der Waals surface area contributed by atoms with E-state index in [9.17, 15) is 9.59 Å². The number of carbonyl (C=O) groups is 1. The van der Waals surface area contributed by atoms with E-state index in [2.05, 4.69) is 15.0 Å². The van der Waals surface area contributed by atoms with Crippen LogP contribution in [0.15, 0.2) is 22.1 Å². The maximum Gasteiger partial charge on any atom is 0.338 e. The topological polar surface area (TPSA) is 94.6 Å². The maximum absolute atomic E-state index is 12.8. The first-order valence-corrected chi connectivity index (χ1v) is 8.58. The molecule has 4 rings (SSSR count). The lowest BCUT2D eigenvalue weighted by Crippen LogP contribution is -2.38. The van der Waals surface area contributed by atoms with Gasteiger partial charge in [-0.3, -0.25) is 9.56 Å². The van der Waals surface area contributed by atoms with Crippen molar-refractivity contribution in [1.29, 1.82) is 0 Å². The zero-order chi connectivity index (χ0) is 18.3. The molecule has 2 aromatic rings. The van der Waals surface area contributed by atoms with Gasteiger partial charge < -0.3 is 9.64 Å². The summed E-state index contributed by atoms with van der Waals surface area (Å²) in [7, 11) is 3.23. The van der Waals surface area contributed by atoms with E-state index in [1.807, 2.05) is 6.08 Å². The molecule has 2 aliphatic rings. The zero-order valence-electron chi connectivity index (χ0n) is 14.8. The number of aromatic nitrogens is 4. The Morgan fingerprint density at radius 2 is 2.08 bits per heavy atom. The van der Waals surface area contributed by atoms with E-state index < -0.39 is 5.69 Å². The normalized spacial score (nSPS) is 20.0. The number of dihydropyridines is 1. The van der Waals surface area contributed by atoms with Crippen molar-refractivity contribution >= 4 is 29.0 Å². The highest BCUT2D eigenvalue weighted by molar-refractivity contribution is 6.09. The molecule has 1 unspecified atom stereocenters. The highest BCUT2D eigenvalue weighted by Gasteiger charge is 2.26. The first-order valence-electron chi connectivity index (χ1n) is 8.58. The second kappa shape index (κ2) is 6.49. The van der Waals surface area contributed by atoms with E-state index in [-0.39, 0.29) is 12.1 Å². The summed E-state index contributed by atoms with van der Waals surface area (Å²) in [5, 5.41) is 0. The smallest absolute Gasteiger partial charge is 0.338 e. The molecule has 1 amide bonds. The highest BCUT2D eigenvalue weighted by Crippen LogP contribution is 2.18. The summed E-state index contributed by atoms with van der Waals surface area (Å²) in [6.07, 6.45) is 6.91. The van der Waals surface area contributed by atoms with E-state index >= 15 is 0 Å². The number of ether oxygens (including phenoxy) is 1. The molecule has 1 atom stereocenters. The molecule has 26 heavy (non-hydrogen) atoms. The minimum absolute atomic E-state index is 0.140. The van der Waals surface area contributed by atoms with Crippen LogP contribution in [0.3, 0.4) is 0 Å². The van der Waals surface area contributed by atoms with Crippen molar-refractivity contribution < 1.29 is 9.53 Å². The first-order chi connectivity index (χ1) is 12.6. The molecular formula is C17H20N6O3. The Morgan fingerprint density at radius 1 is 1.31 bits per heavy atom. The molecule has 9 nitrogen and oxygen atoms in total. The van der Waals surface area contributed by atoms with Gasteiger partial charge >= 0.3 is 11.7 Å². The Balaban J connectivity index is 1.83. The van der Waals surface area contributed by atoms with Crippen LogP contribution < -0.4 is 5.69 Å². The van der Waals surface area contributed by atoms with E-state index in [0.29, 0.717) is 42.2 Å². The maximum atomic E-state index is 12.8. The van der Waals surface area contributed by atoms with Crippen LogP contribution in [-0.2, 0) is 11.8 Å². The molecule has 0 spiro atoms. The van der Waals surface area contributed by atoms with Crippen LogP contribution in [-0.4, -0.2) is 69.1 Å². The number of imidazole rings is 1. The molecule has 9 heteroatoms. The summed E-state index contributed by atoms with van der Waals surface area (Å²) in [5.74, 6) is 0.413. The number of carbonyl (C=O) groups excluding carboxylic acids is 1. The number of amides is 1. The van der Waals surface area contributed by atoms with Gasteiger partial charge in [-0.1, -0.05) is 0 Å². The van der Waals surface area contributed by atoms with Gasteiger partial charge in [-0.15, -0.1) is 0 Å². The SMILES string of the molecule is COC1C=C(c2ncc3c(n2)n(C(=O)N2CCCC2)c(=O)n3C)C=NC1. The van der Waals surface area contributed by atoms with Gasteiger partial charge in [0.1, 0.15) is 5.52 Å². The van der Waals surface area contributed by atoms with E-state index in [4.69, 9.17) is 4.74 Å². The fourth-order valence-electron chi connectivity index (χ4n) is 3.30.